The fourth-order valence-electron chi connectivity index (χ4n) is 1.87. The summed E-state index contributed by atoms with van der Waals surface area (Å²) in [6.07, 6.45) is 0.376. The van der Waals surface area contributed by atoms with E-state index in [1.54, 1.807) is 0 Å². The quantitative estimate of drug-likeness (QED) is 0.601. The second-order valence-electron chi connectivity index (χ2n) is 5.32. The third-order valence-corrected chi connectivity index (χ3v) is 2.74. The molecule has 0 aromatic heterocycles. The Morgan fingerprint density at radius 2 is 1.79 bits per heavy atom. The average Bonchev–Trinajstić information content (AvgIpc) is 2.24. The highest BCUT2D eigenvalue weighted by Crippen LogP contribution is 2.35. The minimum atomic E-state index is -0.141. The maximum Gasteiger partial charge on any atom is 0.233 e. The van der Waals surface area contributed by atoms with Crippen LogP contribution in [-0.4, -0.2) is 22.8 Å². The first-order chi connectivity index (χ1) is 6.25. The number of amides is 2. The molecule has 3 nitrogen and oxygen atoms in total. The van der Waals surface area contributed by atoms with Gasteiger partial charge in [0.15, 0.2) is 0 Å². The summed E-state index contributed by atoms with van der Waals surface area (Å²) < 4.78 is 0. The maximum absolute atomic E-state index is 11.9. The Labute approximate surface area is 85.5 Å². The topological polar surface area (TPSA) is 37.4 Å². The van der Waals surface area contributed by atoms with E-state index in [4.69, 9.17) is 0 Å². The maximum atomic E-state index is 11.9. The Kier molecular flexibility index (Phi) is 2.70. The van der Waals surface area contributed by atoms with E-state index in [-0.39, 0.29) is 29.2 Å². The van der Waals surface area contributed by atoms with E-state index in [1.807, 2.05) is 34.6 Å². The standard InChI is InChI=1S/C11H19NO2/c1-7(2)12-9(13)6-8(10(12)14)11(3,4)5/h7-8H,6H2,1-5H3. The normalized spacial score (nSPS) is 23.9. The number of hydrogen-bond donors (Lipinski definition) is 0. The molecule has 1 rings (SSSR count). The molecule has 0 spiro atoms. The molecule has 3 heteroatoms. The van der Waals surface area contributed by atoms with Crippen LogP contribution < -0.4 is 0 Å². The van der Waals surface area contributed by atoms with Crippen molar-refractivity contribution in [2.75, 3.05) is 0 Å². The molecule has 1 unspecified atom stereocenters. The number of carbonyl (C=O) groups excluding carboxylic acids is 2. The molecule has 0 N–H and O–H groups in total. The zero-order valence-electron chi connectivity index (χ0n) is 9.63. The summed E-state index contributed by atoms with van der Waals surface area (Å²) in [6, 6.07) is -0.0117. The molecule has 0 aromatic carbocycles. The first-order valence-corrected chi connectivity index (χ1v) is 5.11. The number of carbonyl (C=O) groups is 2. The Morgan fingerprint density at radius 3 is 2.00 bits per heavy atom. The molecule has 0 bridgehead atoms. The van der Waals surface area contributed by atoms with E-state index < -0.39 is 0 Å². The van der Waals surface area contributed by atoms with Crippen molar-refractivity contribution in [3.05, 3.63) is 0 Å². The van der Waals surface area contributed by atoms with Crippen LogP contribution in [0.15, 0.2) is 0 Å². The zero-order chi connectivity index (χ0) is 11.1. The third kappa shape index (κ3) is 1.81. The predicted molar refractivity (Wildman–Crippen MR) is 54.6 cm³/mol. The van der Waals surface area contributed by atoms with E-state index >= 15 is 0 Å². The highest BCUT2D eigenvalue weighted by molar-refractivity contribution is 6.04. The van der Waals surface area contributed by atoms with E-state index in [2.05, 4.69) is 0 Å². The largest absolute Gasteiger partial charge is 0.280 e. The van der Waals surface area contributed by atoms with Crippen LogP contribution in [0.2, 0.25) is 0 Å². The van der Waals surface area contributed by atoms with Crippen LogP contribution in [-0.2, 0) is 9.59 Å². The van der Waals surface area contributed by atoms with Crippen LogP contribution in [0.3, 0.4) is 0 Å². The number of rotatable bonds is 1. The lowest BCUT2D eigenvalue weighted by Gasteiger charge is -2.26. The molecule has 1 aliphatic heterocycles. The van der Waals surface area contributed by atoms with E-state index in [0.717, 1.165) is 0 Å². The third-order valence-electron chi connectivity index (χ3n) is 2.74. The van der Waals surface area contributed by atoms with Gasteiger partial charge >= 0.3 is 0 Å². The van der Waals surface area contributed by atoms with Gasteiger partial charge in [-0.05, 0) is 19.3 Å². The summed E-state index contributed by atoms with van der Waals surface area (Å²) in [7, 11) is 0. The Balaban J connectivity index is 2.91. The van der Waals surface area contributed by atoms with Crippen LogP contribution in [0.1, 0.15) is 41.0 Å². The summed E-state index contributed by atoms with van der Waals surface area (Å²) in [5.74, 6) is -0.167. The number of likely N-dealkylation sites (tertiary alicyclic amines) is 1. The number of hydrogen-bond acceptors (Lipinski definition) is 2. The smallest absolute Gasteiger partial charge is 0.233 e. The average molecular weight is 197 g/mol. The van der Waals surface area contributed by atoms with Crippen LogP contribution in [0.5, 0.6) is 0 Å². The molecule has 2 amide bonds. The molecule has 80 valence electrons. The molecule has 0 saturated carbocycles. The van der Waals surface area contributed by atoms with Crippen molar-refractivity contribution < 1.29 is 9.59 Å². The van der Waals surface area contributed by atoms with Gasteiger partial charge in [-0.1, -0.05) is 20.8 Å². The van der Waals surface area contributed by atoms with Crippen molar-refractivity contribution in [2.45, 2.75) is 47.1 Å². The predicted octanol–water partition coefficient (Wildman–Crippen LogP) is 1.82. The lowest BCUT2D eigenvalue weighted by atomic mass is 9.80. The van der Waals surface area contributed by atoms with Crippen molar-refractivity contribution >= 4 is 11.8 Å². The van der Waals surface area contributed by atoms with Gasteiger partial charge in [0.1, 0.15) is 0 Å². The van der Waals surface area contributed by atoms with E-state index in [0.29, 0.717) is 6.42 Å². The molecule has 14 heavy (non-hydrogen) atoms. The van der Waals surface area contributed by atoms with Crippen molar-refractivity contribution in [2.24, 2.45) is 11.3 Å². The van der Waals surface area contributed by atoms with Crippen molar-refractivity contribution in [1.29, 1.82) is 0 Å². The molecule has 0 radical (unpaired) electrons. The molecular formula is C11H19NO2. The van der Waals surface area contributed by atoms with Crippen molar-refractivity contribution in [1.82, 2.24) is 4.90 Å². The fourth-order valence-corrected chi connectivity index (χ4v) is 1.87. The van der Waals surface area contributed by atoms with E-state index in [9.17, 15) is 9.59 Å². The summed E-state index contributed by atoms with van der Waals surface area (Å²) in [6.45, 7) is 9.77. The number of nitrogens with zero attached hydrogens (tertiary/aromatic N) is 1. The van der Waals surface area contributed by atoms with Crippen LogP contribution in [0, 0.1) is 11.3 Å². The second kappa shape index (κ2) is 3.37. The first kappa shape index (κ1) is 11.2. The monoisotopic (exact) mass is 197 g/mol. The van der Waals surface area contributed by atoms with Gasteiger partial charge in [0, 0.05) is 12.5 Å². The minimum absolute atomic E-state index is 0.00231. The van der Waals surface area contributed by atoms with Gasteiger partial charge in [-0.15, -0.1) is 0 Å². The van der Waals surface area contributed by atoms with Crippen LogP contribution in [0.4, 0.5) is 0 Å². The van der Waals surface area contributed by atoms with Gasteiger partial charge in [-0.2, -0.15) is 0 Å². The lowest BCUT2D eigenvalue weighted by Crippen LogP contribution is -2.38. The van der Waals surface area contributed by atoms with Crippen LogP contribution >= 0.6 is 0 Å². The van der Waals surface area contributed by atoms with Gasteiger partial charge in [0.2, 0.25) is 11.8 Å². The molecule has 0 aliphatic carbocycles. The Morgan fingerprint density at radius 1 is 1.29 bits per heavy atom. The zero-order valence-corrected chi connectivity index (χ0v) is 9.63. The molecule has 1 saturated heterocycles. The lowest BCUT2D eigenvalue weighted by molar-refractivity contribution is -0.142. The van der Waals surface area contributed by atoms with Crippen LogP contribution in [0.25, 0.3) is 0 Å². The van der Waals surface area contributed by atoms with Crippen molar-refractivity contribution in [3.8, 4) is 0 Å². The molecule has 1 aliphatic rings. The summed E-state index contributed by atoms with van der Waals surface area (Å²) >= 11 is 0. The van der Waals surface area contributed by atoms with Gasteiger partial charge in [-0.25, -0.2) is 0 Å². The molecule has 1 heterocycles. The minimum Gasteiger partial charge on any atom is -0.280 e. The first-order valence-electron chi connectivity index (χ1n) is 5.11. The van der Waals surface area contributed by atoms with Gasteiger partial charge in [0.25, 0.3) is 0 Å². The van der Waals surface area contributed by atoms with Gasteiger partial charge < -0.3 is 0 Å². The highest BCUT2D eigenvalue weighted by atomic mass is 16.2. The molecular weight excluding hydrogens is 178 g/mol. The second-order valence-corrected chi connectivity index (χ2v) is 5.32. The Hall–Kier alpha value is -0.860. The molecule has 1 atom stereocenters. The van der Waals surface area contributed by atoms with Crippen molar-refractivity contribution in [3.63, 3.8) is 0 Å². The van der Waals surface area contributed by atoms with Gasteiger partial charge in [0.05, 0.1) is 5.92 Å². The summed E-state index contributed by atoms with van der Waals surface area (Å²) in [5, 5.41) is 0. The fraction of sp³-hybridized carbons (Fsp3) is 0.818. The van der Waals surface area contributed by atoms with Gasteiger partial charge in [-0.3, -0.25) is 14.5 Å². The molecule has 0 aromatic rings. The summed E-state index contributed by atoms with van der Waals surface area (Å²) in [5.41, 5.74) is -0.115. The number of imide groups is 1. The van der Waals surface area contributed by atoms with E-state index in [1.165, 1.54) is 4.90 Å². The Bertz CT molecular complexity index is 263. The highest BCUT2D eigenvalue weighted by Gasteiger charge is 2.45. The SMILES string of the molecule is CC(C)N1C(=O)CC(C(C)(C)C)C1=O. The summed E-state index contributed by atoms with van der Waals surface area (Å²) in [4.78, 5) is 24.9. The molecule has 1 fully saturated rings.